The fourth-order valence-electron chi connectivity index (χ4n) is 6.59. The molecule has 0 bridgehead atoms. The van der Waals surface area contributed by atoms with Crippen LogP contribution in [0.25, 0.3) is 16.5 Å². The summed E-state index contributed by atoms with van der Waals surface area (Å²) in [5.74, 6) is -2.31. The van der Waals surface area contributed by atoms with Gasteiger partial charge in [-0.15, -0.1) is 6.58 Å². The van der Waals surface area contributed by atoms with Crippen molar-refractivity contribution in [3.8, 4) is 11.6 Å². The molecule has 53 heavy (non-hydrogen) atoms. The minimum atomic E-state index is -3.90. The number of carbonyl (C=O) groups excluding carboxylic acids is 4. The van der Waals surface area contributed by atoms with E-state index >= 15 is 0 Å². The van der Waals surface area contributed by atoms with E-state index in [9.17, 15) is 27.6 Å². The lowest BCUT2D eigenvalue weighted by atomic mass is 9.85. The van der Waals surface area contributed by atoms with Crippen LogP contribution in [-0.4, -0.2) is 93.0 Å². The van der Waals surface area contributed by atoms with Crippen LogP contribution in [0.2, 0.25) is 0 Å². The summed E-state index contributed by atoms with van der Waals surface area (Å²) in [6.07, 6.45) is 6.15. The Hall–Kier alpha value is -4.99. The highest BCUT2D eigenvalue weighted by atomic mass is 32.2. The molecule has 3 heterocycles. The highest BCUT2D eigenvalue weighted by Gasteiger charge is 2.62. The molecule has 15 nitrogen and oxygen atoms in total. The largest absolute Gasteiger partial charge is 0.472 e. The van der Waals surface area contributed by atoms with Crippen LogP contribution in [0.5, 0.6) is 5.88 Å². The Morgan fingerprint density at radius 2 is 1.81 bits per heavy atom. The Labute approximate surface area is 308 Å². The molecule has 1 aromatic carbocycles. The van der Waals surface area contributed by atoms with Gasteiger partial charge in [-0.2, -0.15) is 5.10 Å². The minimum Gasteiger partial charge on any atom is -0.472 e. The van der Waals surface area contributed by atoms with E-state index in [2.05, 4.69) is 32.0 Å². The molecule has 0 radical (unpaired) electrons. The van der Waals surface area contributed by atoms with Gasteiger partial charge < -0.3 is 25.0 Å². The first-order valence-electron chi connectivity index (χ1n) is 17.7. The first-order valence-corrected chi connectivity index (χ1v) is 19.2. The predicted molar refractivity (Wildman–Crippen MR) is 195 cm³/mol. The molecular formula is C37H47N7O8S. The smallest absolute Gasteiger partial charge is 0.408 e. The van der Waals surface area contributed by atoms with Crippen molar-refractivity contribution in [2.45, 2.75) is 102 Å². The summed E-state index contributed by atoms with van der Waals surface area (Å²) in [5, 5.41) is 10.7. The van der Waals surface area contributed by atoms with Crippen molar-refractivity contribution in [3.05, 3.63) is 61.6 Å². The highest BCUT2D eigenvalue weighted by molar-refractivity contribution is 7.91. The number of rotatable bonds is 11. The number of likely N-dealkylation sites (tertiary alicyclic amines) is 1. The van der Waals surface area contributed by atoms with Gasteiger partial charge in [-0.05, 0) is 81.2 Å². The molecule has 284 valence electrons. The second-order valence-electron chi connectivity index (χ2n) is 16.1. The average molecular weight is 750 g/mol. The van der Waals surface area contributed by atoms with Crippen molar-refractivity contribution in [2.75, 3.05) is 6.54 Å². The number of hydrogen-bond acceptors (Lipinski definition) is 10. The summed E-state index contributed by atoms with van der Waals surface area (Å²) in [4.78, 5) is 61.0. The van der Waals surface area contributed by atoms with Gasteiger partial charge in [0.1, 0.15) is 29.3 Å². The molecule has 1 aliphatic heterocycles. The topological polar surface area (TPSA) is 191 Å². The second-order valence-corrected chi connectivity index (χ2v) is 18.0. The number of nitrogens with zero attached hydrogens (tertiary/aromatic N) is 4. The third-order valence-corrected chi connectivity index (χ3v) is 11.4. The summed E-state index contributed by atoms with van der Waals surface area (Å²) in [5.41, 5.74) is -2.38. The van der Waals surface area contributed by atoms with E-state index in [-0.39, 0.29) is 19.4 Å². The molecule has 3 aromatic rings. The first-order chi connectivity index (χ1) is 24.8. The highest BCUT2D eigenvalue weighted by Crippen LogP contribution is 2.45. The number of pyridine rings is 1. The molecule has 2 aromatic heterocycles. The van der Waals surface area contributed by atoms with Crippen LogP contribution in [0.1, 0.15) is 67.2 Å². The third kappa shape index (κ3) is 8.16. The van der Waals surface area contributed by atoms with Crippen molar-refractivity contribution >= 4 is 44.6 Å². The SMILES string of the molecule is C=C[C@@H]1C[C@]1(NC(=O)C1C[C@@H](Oc2nccc3cc(-n4cccn4)ccc23)CN1C(=O)[C@@H](NC(=O)OC(C)(C)C)C(C)(C)C)C(=O)NS(=O)(=O)C1CC1. The molecule has 2 aliphatic carbocycles. The molecule has 3 aliphatic rings. The monoisotopic (exact) mass is 749 g/mol. The lowest BCUT2D eigenvalue weighted by Crippen LogP contribution is -2.60. The Morgan fingerprint density at radius 3 is 2.42 bits per heavy atom. The lowest BCUT2D eigenvalue weighted by molar-refractivity contribution is -0.143. The van der Waals surface area contributed by atoms with E-state index in [1.54, 1.807) is 58.6 Å². The molecule has 16 heteroatoms. The molecule has 5 atom stereocenters. The maximum atomic E-state index is 14.5. The number of amides is 4. The van der Waals surface area contributed by atoms with Gasteiger partial charge in [0.05, 0.1) is 17.5 Å². The van der Waals surface area contributed by atoms with Gasteiger partial charge >= 0.3 is 6.09 Å². The van der Waals surface area contributed by atoms with Crippen LogP contribution >= 0.6 is 0 Å². The van der Waals surface area contributed by atoms with Gasteiger partial charge in [-0.3, -0.25) is 19.1 Å². The number of hydrogen-bond donors (Lipinski definition) is 3. The van der Waals surface area contributed by atoms with E-state index in [0.717, 1.165) is 11.1 Å². The van der Waals surface area contributed by atoms with E-state index < -0.39 is 79.7 Å². The molecule has 1 saturated heterocycles. The molecule has 3 N–H and O–H groups in total. The number of nitrogens with one attached hydrogen (secondary N) is 3. The van der Waals surface area contributed by atoms with Gasteiger partial charge in [-0.25, -0.2) is 22.9 Å². The number of aromatic nitrogens is 3. The van der Waals surface area contributed by atoms with Crippen molar-refractivity contribution in [3.63, 3.8) is 0 Å². The summed E-state index contributed by atoms with van der Waals surface area (Å²) in [6, 6.07) is 7.06. The normalized spacial score (nSPS) is 23.5. The van der Waals surface area contributed by atoms with Crippen molar-refractivity contribution in [2.24, 2.45) is 11.3 Å². The molecular weight excluding hydrogens is 703 g/mol. The van der Waals surface area contributed by atoms with Crippen molar-refractivity contribution in [1.82, 2.24) is 35.0 Å². The van der Waals surface area contributed by atoms with Gasteiger partial charge in [-0.1, -0.05) is 26.8 Å². The standard InChI is InChI=1S/C37H47N7O8S/c1-8-23-20-37(23,33(47)42-53(49,50)26-11-12-26)41-30(45)28-19-25(21-43(28)32(46)29(35(2,3)4)40-34(48)52-36(5,6)7)51-31-27-13-10-24(44-17-9-15-39-44)18-22(27)14-16-38-31/h8-10,13-18,23,25-26,28-29H,1,11-12,19-21H2,2-7H3,(H,40,48)(H,41,45)(H,42,47)/t23-,25-,28?,29-,37-/m1/s1. The predicted octanol–water partition coefficient (Wildman–Crippen LogP) is 3.38. The maximum absolute atomic E-state index is 14.5. The Balaban J connectivity index is 1.29. The number of alkyl carbamates (subject to hydrolysis) is 1. The van der Waals surface area contributed by atoms with E-state index in [4.69, 9.17) is 9.47 Å². The maximum Gasteiger partial charge on any atom is 0.408 e. The summed E-state index contributed by atoms with van der Waals surface area (Å²) >= 11 is 0. The second kappa shape index (κ2) is 13.8. The van der Waals surface area contributed by atoms with E-state index in [1.165, 1.54) is 11.0 Å². The van der Waals surface area contributed by atoms with Crippen LogP contribution in [0.4, 0.5) is 4.79 Å². The quantitative estimate of drug-likeness (QED) is 0.245. The number of sulfonamides is 1. The zero-order chi connectivity index (χ0) is 38.5. The van der Waals surface area contributed by atoms with Crippen LogP contribution in [0, 0.1) is 11.3 Å². The number of benzene rings is 1. The van der Waals surface area contributed by atoms with Gasteiger partial charge in [0.25, 0.3) is 5.91 Å². The fourth-order valence-corrected chi connectivity index (χ4v) is 7.95. The van der Waals surface area contributed by atoms with Crippen LogP contribution < -0.4 is 20.1 Å². The zero-order valence-corrected chi connectivity index (χ0v) is 31.6. The summed E-state index contributed by atoms with van der Waals surface area (Å²) < 4.78 is 41.2. The van der Waals surface area contributed by atoms with Gasteiger partial charge in [0.15, 0.2) is 0 Å². The first kappa shape index (κ1) is 37.8. The molecule has 3 fully saturated rings. The molecule has 2 saturated carbocycles. The molecule has 1 unspecified atom stereocenters. The fraction of sp³-hybridized carbons (Fsp3) is 0.514. The minimum absolute atomic E-state index is 0.0150. The lowest BCUT2D eigenvalue weighted by Gasteiger charge is -2.36. The molecule has 4 amide bonds. The van der Waals surface area contributed by atoms with Gasteiger partial charge in [0, 0.05) is 36.3 Å². The van der Waals surface area contributed by atoms with Crippen LogP contribution in [0.15, 0.2) is 61.6 Å². The van der Waals surface area contributed by atoms with Crippen LogP contribution in [-0.2, 0) is 29.1 Å². The third-order valence-electron chi connectivity index (χ3n) is 9.63. The number of ether oxygens (including phenoxy) is 2. The van der Waals surface area contributed by atoms with E-state index in [0.29, 0.717) is 24.1 Å². The Kier molecular flexibility index (Phi) is 9.81. The number of fused-ring (bicyclic) bond motifs is 1. The summed E-state index contributed by atoms with van der Waals surface area (Å²) in [7, 11) is -3.90. The average Bonchev–Trinajstić information content (AvgIpc) is 3.94. The van der Waals surface area contributed by atoms with Crippen molar-refractivity contribution in [1.29, 1.82) is 0 Å². The summed E-state index contributed by atoms with van der Waals surface area (Å²) in [6.45, 7) is 14.2. The van der Waals surface area contributed by atoms with Crippen LogP contribution in [0.3, 0.4) is 0 Å². The van der Waals surface area contributed by atoms with Crippen molar-refractivity contribution < 1.29 is 37.1 Å². The Morgan fingerprint density at radius 1 is 1.08 bits per heavy atom. The molecule has 6 rings (SSSR count). The Bertz CT molecular complexity index is 2030. The van der Waals surface area contributed by atoms with E-state index in [1.807, 2.05) is 36.5 Å². The zero-order valence-electron chi connectivity index (χ0n) is 30.8. The van der Waals surface area contributed by atoms with Gasteiger partial charge in [0.2, 0.25) is 27.7 Å². The number of carbonyl (C=O) groups is 4. The molecule has 0 spiro atoms.